The van der Waals surface area contributed by atoms with Crippen LogP contribution >= 0.6 is 0 Å². The molecule has 1 unspecified atom stereocenters. The number of hydrogen-bond acceptors (Lipinski definition) is 2. The summed E-state index contributed by atoms with van der Waals surface area (Å²) in [7, 11) is 2.03. The van der Waals surface area contributed by atoms with E-state index in [4.69, 9.17) is 5.73 Å². The van der Waals surface area contributed by atoms with Crippen LogP contribution in [-0.2, 0) is 6.42 Å². The van der Waals surface area contributed by atoms with E-state index < -0.39 is 0 Å². The summed E-state index contributed by atoms with van der Waals surface area (Å²) >= 11 is 0. The lowest BCUT2D eigenvalue weighted by molar-refractivity contribution is 0.523. The van der Waals surface area contributed by atoms with Crippen LogP contribution in [0.1, 0.15) is 18.4 Å². The fourth-order valence-corrected chi connectivity index (χ4v) is 2.32. The molecule has 0 aliphatic carbocycles. The van der Waals surface area contributed by atoms with E-state index >= 15 is 0 Å². The Balaban J connectivity index is 2.28. The van der Waals surface area contributed by atoms with Gasteiger partial charge in [-0.25, -0.2) is 4.39 Å². The zero-order chi connectivity index (χ0) is 10.8. The normalized spacial score (nSPS) is 20.2. The van der Waals surface area contributed by atoms with Gasteiger partial charge < -0.3 is 10.6 Å². The molecule has 15 heavy (non-hydrogen) atoms. The third-order valence-electron chi connectivity index (χ3n) is 3.22. The third-order valence-corrected chi connectivity index (χ3v) is 3.22. The van der Waals surface area contributed by atoms with Crippen molar-refractivity contribution in [2.75, 3.05) is 18.5 Å². The molecule has 1 aromatic rings. The first-order valence-corrected chi connectivity index (χ1v) is 5.43. The van der Waals surface area contributed by atoms with Crippen molar-refractivity contribution in [2.45, 2.75) is 25.3 Å². The van der Waals surface area contributed by atoms with E-state index in [0.29, 0.717) is 12.6 Å². The van der Waals surface area contributed by atoms with Gasteiger partial charge in [0, 0.05) is 18.8 Å². The molecule has 0 amide bonds. The zero-order valence-corrected chi connectivity index (χ0v) is 9.04. The number of rotatable bonds is 2. The van der Waals surface area contributed by atoms with Crippen LogP contribution in [0.5, 0.6) is 0 Å². The molecular formula is C12H17FN2. The second kappa shape index (κ2) is 4.19. The molecule has 1 aromatic carbocycles. The van der Waals surface area contributed by atoms with Gasteiger partial charge in [-0.15, -0.1) is 0 Å². The van der Waals surface area contributed by atoms with Gasteiger partial charge >= 0.3 is 0 Å². The van der Waals surface area contributed by atoms with Crippen molar-refractivity contribution in [3.63, 3.8) is 0 Å². The minimum Gasteiger partial charge on any atom is -0.371 e. The van der Waals surface area contributed by atoms with E-state index in [0.717, 1.165) is 24.9 Å². The molecule has 2 nitrogen and oxygen atoms in total. The first-order valence-electron chi connectivity index (χ1n) is 5.43. The Bertz CT molecular complexity index is 351. The lowest BCUT2D eigenvalue weighted by Crippen LogP contribution is -2.37. The highest BCUT2D eigenvalue weighted by Crippen LogP contribution is 2.30. The average Bonchev–Trinajstić information content (AvgIpc) is 2.23. The molecule has 1 aliphatic heterocycles. The summed E-state index contributed by atoms with van der Waals surface area (Å²) in [6.07, 6.45) is 3.13. The highest BCUT2D eigenvalue weighted by Gasteiger charge is 2.22. The molecule has 1 atom stereocenters. The Hall–Kier alpha value is -1.09. The van der Waals surface area contributed by atoms with Crippen molar-refractivity contribution >= 4 is 5.69 Å². The molecule has 0 spiro atoms. The zero-order valence-electron chi connectivity index (χ0n) is 9.04. The molecule has 2 N–H and O–H groups in total. The molecule has 1 heterocycles. The van der Waals surface area contributed by atoms with Gasteiger partial charge in [0.1, 0.15) is 5.82 Å². The Morgan fingerprint density at radius 3 is 3.07 bits per heavy atom. The second-order valence-corrected chi connectivity index (χ2v) is 4.15. The summed E-state index contributed by atoms with van der Waals surface area (Å²) in [5.74, 6) is -0.158. The topological polar surface area (TPSA) is 29.3 Å². The Morgan fingerprint density at radius 1 is 1.53 bits per heavy atom. The number of nitrogens with zero attached hydrogens (tertiary/aromatic N) is 1. The summed E-state index contributed by atoms with van der Waals surface area (Å²) in [5.41, 5.74) is 7.84. The summed E-state index contributed by atoms with van der Waals surface area (Å²) in [6.45, 7) is 0.694. The fraction of sp³-hybridized carbons (Fsp3) is 0.500. The smallest absolute Gasteiger partial charge is 0.125 e. The number of fused-ring (bicyclic) bond motifs is 1. The maximum atomic E-state index is 13.1. The fourth-order valence-electron chi connectivity index (χ4n) is 2.32. The van der Waals surface area contributed by atoms with Crippen LogP contribution in [0, 0.1) is 5.82 Å². The molecule has 1 aliphatic rings. The van der Waals surface area contributed by atoms with E-state index in [-0.39, 0.29) is 5.82 Å². The summed E-state index contributed by atoms with van der Waals surface area (Å²) in [4.78, 5) is 2.16. The van der Waals surface area contributed by atoms with Gasteiger partial charge in [0.05, 0.1) is 0 Å². The summed E-state index contributed by atoms with van der Waals surface area (Å²) in [6, 6.07) is 5.51. The summed E-state index contributed by atoms with van der Waals surface area (Å²) in [5, 5.41) is 0. The van der Waals surface area contributed by atoms with Crippen LogP contribution in [0.4, 0.5) is 10.1 Å². The first kappa shape index (κ1) is 10.4. The summed E-state index contributed by atoms with van der Waals surface area (Å²) < 4.78 is 13.1. The minimum atomic E-state index is -0.158. The number of aryl methyl sites for hydroxylation is 1. The third kappa shape index (κ3) is 1.97. The predicted molar refractivity (Wildman–Crippen MR) is 60.6 cm³/mol. The van der Waals surface area contributed by atoms with Crippen LogP contribution in [0.25, 0.3) is 0 Å². The quantitative estimate of drug-likeness (QED) is 0.804. The predicted octanol–water partition coefficient (Wildman–Crippen LogP) is 1.93. The molecular weight excluding hydrogens is 191 g/mol. The van der Waals surface area contributed by atoms with Crippen LogP contribution in [0.3, 0.4) is 0 Å². The molecule has 2 rings (SSSR count). The van der Waals surface area contributed by atoms with Gasteiger partial charge in [-0.2, -0.15) is 0 Å². The van der Waals surface area contributed by atoms with Crippen molar-refractivity contribution in [1.29, 1.82) is 0 Å². The van der Waals surface area contributed by atoms with Crippen molar-refractivity contribution in [3.8, 4) is 0 Å². The first-order chi connectivity index (χ1) is 7.22. The monoisotopic (exact) mass is 208 g/mol. The van der Waals surface area contributed by atoms with E-state index in [1.807, 2.05) is 13.1 Å². The molecule has 0 saturated heterocycles. The second-order valence-electron chi connectivity index (χ2n) is 4.15. The number of hydrogen-bond donors (Lipinski definition) is 1. The minimum absolute atomic E-state index is 0.158. The highest BCUT2D eigenvalue weighted by atomic mass is 19.1. The maximum Gasteiger partial charge on any atom is 0.125 e. The molecule has 0 saturated carbocycles. The Morgan fingerprint density at radius 2 is 2.33 bits per heavy atom. The van der Waals surface area contributed by atoms with Gasteiger partial charge in [-0.3, -0.25) is 0 Å². The van der Waals surface area contributed by atoms with Gasteiger partial charge in [0.2, 0.25) is 0 Å². The molecule has 0 radical (unpaired) electrons. The van der Waals surface area contributed by atoms with Gasteiger partial charge in [-0.05, 0) is 43.5 Å². The largest absolute Gasteiger partial charge is 0.371 e. The maximum absolute atomic E-state index is 13.1. The van der Waals surface area contributed by atoms with Crippen LogP contribution in [0.2, 0.25) is 0 Å². The van der Waals surface area contributed by atoms with Crippen LogP contribution < -0.4 is 10.6 Å². The molecule has 3 heteroatoms. The van der Waals surface area contributed by atoms with Gasteiger partial charge in [0.15, 0.2) is 0 Å². The molecule has 0 bridgehead atoms. The van der Waals surface area contributed by atoms with E-state index in [1.54, 1.807) is 6.07 Å². The number of benzene rings is 1. The standard InChI is InChI=1S/C12H17FN2/c1-15-11(6-7-14)5-3-9-2-4-10(13)8-12(9)15/h2,4,8,11H,3,5-7,14H2,1H3. The Labute approximate surface area is 89.9 Å². The van der Waals surface area contributed by atoms with Crippen molar-refractivity contribution in [3.05, 3.63) is 29.6 Å². The van der Waals surface area contributed by atoms with Crippen LogP contribution in [-0.4, -0.2) is 19.6 Å². The van der Waals surface area contributed by atoms with Gasteiger partial charge in [-0.1, -0.05) is 6.07 Å². The van der Waals surface area contributed by atoms with E-state index in [9.17, 15) is 4.39 Å². The lowest BCUT2D eigenvalue weighted by atomic mass is 9.94. The van der Waals surface area contributed by atoms with Crippen molar-refractivity contribution in [1.82, 2.24) is 0 Å². The van der Waals surface area contributed by atoms with Crippen molar-refractivity contribution < 1.29 is 4.39 Å². The Kier molecular flexibility index (Phi) is 2.91. The molecule has 0 fully saturated rings. The molecule has 0 aromatic heterocycles. The number of halogens is 1. The van der Waals surface area contributed by atoms with Gasteiger partial charge in [0.25, 0.3) is 0 Å². The van der Waals surface area contributed by atoms with Crippen molar-refractivity contribution in [2.24, 2.45) is 5.73 Å². The SMILES string of the molecule is CN1c2cc(F)ccc2CCC1CCN. The molecule has 82 valence electrons. The number of anilines is 1. The average molecular weight is 208 g/mol. The lowest BCUT2D eigenvalue weighted by Gasteiger charge is -2.36. The highest BCUT2D eigenvalue weighted by molar-refractivity contribution is 5.56. The number of nitrogens with two attached hydrogens (primary N) is 1. The van der Waals surface area contributed by atoms with E-state index in [1.165, 1.54) is 11.6 Å². The van der Waals surface area contributed by atoms with Crippen LogP contribution in [0.15, 0.2) is 18.2 Å². The van der Waals surface area contributed by atoms with E-state index in [2.05, 4.69) is 4.90 Å².